The Morgan fingerprint density at radius 3 is 2.83 bits per heavy atom. The molecule has 126 valence electrons. The zero-order valence-electron chi connectivity index (χ0n) is 13.6. The van der Waals surface area contributed by atoms with Crippen LogP contribution >= 0.6 is 0 Å². The monoisotopic (exact) mass is 322 g/mol. The molecule has 0 saturated heterocycles. The van der Waals surface area contributed by atoms with E-state index in [0.29, 0.717) is 29.3 Å². The number of ether oxygens (including phenoxy) is 2. The average molecular weight is 322 g/mol. The van der Waals surface area contributed by atoms with Crippen LogP contribution in [0.4, 0.5) is 5.69 Å². The number of rotatable bonds is 6. The van der Waals surface area contributed by atoms with E-state index in [-0.39, 0.29) is 25.0 Å². The van der Waals surface area contributed by atoms with Gasteiger partial charge in [-0.1, -0.05) is 6.92 Å². The number of amides is 2. The van der Waals surface area contributed by atoms with Gasteiger partial charge >= 0.3 is 0 Å². The molecule has 1 atom stereocenters. The quantitative estimate of drug-likeness (QED) is 0.810. The number of aliphatic hydroxyl groups is 1. The van der Waals surface area contributed by atoms with Crippen molar-refractivity contribution in [1.29, 1.82) is 0 Å². The largest absolute Gasteiger partial charge is 0.493 e. The van der Waals surface area contributed by atoms with E-state index in [1.165, 1.54) is 12.0 Å². The number of nitrogens with zero attached hydrogens (tertiary/aromatic N) is 1. The Labute approximate surface area is 135 Å². The highest BCUT2D eigenvalue weighted by Gasteiger charge is 2.35. The van der Waals surface area contributed by atoms with Crippen LogP contribution in [0.2, 0.25) is 0 Å². The smallest absolute Gasteiger partial charge is 0.268 e. The van der Waals surface area contributed by atoms with Gasteiger partial charge in [0.1, 0.15) is 6.54 Å². The summed E-state index contributed by atoms with van der Waals surface area (Å²) in [7, 11) is 1.49. The molecular formula is C16H22N2O5. The van der Waals surface area contributed by atoms with Gasteiger partial charge in [-0.15, -0.1) is 0 Å². The zero-order chi connectivity index (χ0) is 17.0. The topological polar surface area (TPSA) is 88.1 Å². The Kier molecular flexibility index (Phi) is 5.44. The van der Waals surface area contributed by atoms with Gasteiger partial charge in [-0.2, -0.15) is 0 Å². The average Bonchev–Trinajstić information content (AvgIpc) is 2.56. The lowest BCUT2D eigenvalue weighted by atomic mass is 10.1. The lowest BCUT2D eigenvalue weighted by molar-refractivity contribution is -0.128. The van der Waals surface area contributed by atoms with Crippen LogP contribution in [0.3, 0.4) is 0 Å². The first-order valence-corrected chi connectivity index (χ1v) is 7.58. The summed E-state index contributed by atoms with van der Waals surface area (Å²) < 4.78 is 10.9. The van der Waals surface area contributed by atoms with E-state index in [0.717, 1.165) is 6.42 Å². The molecule has 2 rings (SSSR count). The number of nitrogens with one attached hydrogen (secondary N) is 1. The number of aliphatic hydroxyl groups excluding tert-OH is 1. The Bertz CT molecular complexity index is 602. The molecule has 0 bridgehead atoms. The summed E-state index contributed by atoms with van der Waals surface area (Å²) in [4.78, 5) is 25.8. The van der Waals surface area contributed by atoms with Crippen LogP contribution < -0.4 is 19.7 Å². The van der Waals surface area contributed by atoms with Crippen LogP contribution in [-0.2, 0) is 16.2 Å². The Morgan fingerprint density at radius 1 is 1.48 bits per heavy atom. The van der Waals surface area contributed by atoms with Crippen LogP contribution in [0.5, 0.6) is 11.5 Å². The van der Waals surface area contributed by atoms with Gasteiger partial charge in [-0.3, -0.25) is 14.5 Å². The number of carbonyl (C=O) groups is 2. The molecule has 1 heterocycles. The van der Waals surface area contributed by atoms with E-state index < -0.39 is 6.10 Å². The van der Waals surface area contributed by atoms with Crippen molar-refractivity contribution in [3.8, 4) is 11.5 Å². The maximum Gasteiger partial charge on any atom is 0.268 e. The predicted octanol–water partition coefficient (Wildman–Crippen LogP) is 0.828. The second-order valence-electron chi connectivity index (χ2n) is 5.34. The number of hydrogen-bond acceptors (Lipinski definition) is 5. The Balaban J connectivity index is 2.39. The third-order valence-electron chi connectivity index (χ3n) is 3.57. The van der Waals surface area contributed by atoms with Crippen molar-refractivity contribution in [2.75, 3.05) is 25.1 Å². The van der Waals surface area contributed by atoms with Crippen LogP contribution in [0, 0.1) is 0 Å². The second-order valence-corrected chi connectivity index (χ2v) is 5.34. The van der Waals surface area contributed by atoms with E-state index in [2.05, 4.69) is 5.32 Å². The van der Waals surface area contributed by atoms with Gasteiger partial charge in [0.2, 0.25) is 5.91 Å². The SMILES string of the molecule is CCCNC(=O)CN1C(=O)C(C)Oc2c(OC)cc(CO)cc21. The molecule has 1 aliphatic rings. The summed E-state index contributed by atoms with van der Waals surface area (Å²) in [5, 5.41) is 12.1. The van der Waals surface area contributed by atoms with Gasteiger partial charge in [-0.25, -0.2) is 0 Å². The summed E-state index contributed by atoms with van der Waals surface area (Å²) in [5.74, 6) is 0.278. The maximum absolute atomic E-state index is 12.4. The van der Waals surface area contributed by atoms with Crippen LogP contribution in [0.15, 0.2) is 12.1 Å². The summed E-state index contributed by atoms with van der Waals surface area (Å²) in [5.41, 5.74) is 1.01. The number of carbonyl (C=O) groups excluding carboxylic acids is 2. The molecule has 0 aromatic heterocycles. The first-order valence-electron chi connectivity index (χ1n) is 7.58. The molecule has 0 fully saturated rings. The van der Waals surface area contributed by atoms with E-state index in [9.17, 15) is 14.7 Å². The first-order chi connectivity index (χ1) is 11.0. The molecule has 2 amide bonds. The van der Waals surface area contributed by atoms with E-state index in [1.54, 1.807) is 19.1 Å². The lowest BCUT2D eigenvalue weighted by Gasteiger charge is -2.33. The van der Waals surface area contributed by atoms with E-state index in [1.807, 2.05) is 6.92 Å². The molecule has 0 saturated carbocycles. The second kappa shape index (κ2) is 7.32. The summed E-state index contributed by atoms with van der Waals surface area (Å²) in [6, 6.07) is 3.28. The van der Waals surface area contributed by atoms with Crippen LogP contribution in [-0.4, -0.2) is 43.2 Å². The molecule has 0 aliphatic carbocycles. The molecule has 0 spiro atoms. The predicted molar refractivity (Wildman–Crippen MR) is 84.7 cm³/mol. The molecular weight excluding hydrogens is 300 g/mol. The van der Waals surface area contributed by atoms with Crippen LogP contribution in [0.1, 0.15) is 25.8 Å². The summed E-state index contributed by atoms with van der Waals surface area (Å²) >= 11 is 0. The van der Waals surface area contributed by atoms with E-state index >= 15 is 0 Å². The van der Waals surface area contributed by atoms with Crippen molar-refractivity contribution in [2.24, 2.45) is 0 Å². The fourth-order valence-corrected chi connectivity index (χ4v) is 2.40. The van der Waals surface area contributed by atoms with Gasteiger partial charge in [0.15, 0.2) is 17.6 Å². The molecule has 0 radical (unpaired) electrons. The summed E-state index contributed by atoms with van der Waals surface area (Å²) in [6.07, 6.45) is 0.105. The number of benzene rings is 1. The van der Waals surface area contributed by atoms with Crippen molar-refractivity contribution in [2.45, 2.75) is 33.0 Å². The van der Waals surface area contributed by atoms with Gasteiger partial charge in [-0.05, 0) is 31.0 Å². The molecule has 1 aromatic rings. The van der Waals surface area contributed by atoms with Crippen molar-refractivity contribution in [3.05, 3.63) is 17.7 Å². The minimum atomic E-state index is -0.713. The molecule has 23 heavy (non-hydrogen) atoms. The van der Waals surface area contributed by atoms with Crippen molar-refractivity contribution in [3.63, 3.8) is 0 Å². The highest BCUT2D eigenvalue weighted by molar-refractivity contribution is 6.04. The van der Waals surface area contributed by atoms with Gasteiger partial charge in [0, 0.05) is 6.54 Å². The minimum Gasteiger partial charge on any atom is -0.493 e. The molecule has 1 unspecified atom stereocenters. The van der Waals surface area contributed by atoms with Gasteiger partial charge < -0.3 is 19.9 Å². The molecule has 2 N–H and O–H groups in total. The molecule has 7 nitrogen and oxygen atoms in total. The fraction of sp³-hybridized carbons (Fsp3) is 0.500. The van der Waals surface area contributed by atoms with Crippen LogP contribution in [0.25, 0.3) is 0 Å². The third-order valence-corrected chi connectivity index (χ3v) is 3.57. The highest BCUT2D eigenvalue weighted by atomic mass is 16.5. The number of methoxy groups -OCH3 is 1. The highest BCUT2D eigenvalue weighted by Crippen LogP contribution is 2.42. The lowest BCUT2D eigenvalue weighted by Crippen LogP contribution is -2.49. The number of fused-ring (bicyclic) bond motifs is 1. The van der Waals surface area contributed by atoms with E-state index in [4.69, 9.17) is 9.47 Å². The van der Waals surface area contributed by atoms with Crippen molar-refractivity contribution < 1.29 is 24.2 Å². The number of hydrogen-bond donors (Lipinski definition) is 2. The summed E-state index contributed by atoms with van der Waals surface area (Å²) in [6.45, 7) is 3.83. The fourth-order valence-electron chi connectivity index (χ4n) is 2.40. The Morgan fingerprint density at radius 2 is 2.22 bits per heavy atom. The zero-order valence-corrected chi connectivity index (χ0v) is 13.6. The van der Waals surface area contributed by atoms with Gasteiger partial charge in [0.25, 0.3) is 5.91 Å². The first kappa shape index (κ1) is 17.1. The Hall–Kier alpha value is -2.28. The van der Waals surface area contributed by atoms with Gasteiger partial charge in [0.05, 0.1) is 19.4 Å². The third kappa shape index (κ3) is 3.56. The normalized spacial score (nSPS) is 16.6. The molecule has 1 aliphatic heterocycles. The molecule has 1 aromatic carbocycles. The standard InChI is InChI=1S/C16H22N2O5/c1-4-5-17-14(20)8-18-12-6-11(9-19)7-13(22-3)15(12)23-10(2)16(18)21/h6-7,10,19H,4-5,8-9H2,1-3H3,(H,17,20). The number of anilines is 1. The minimum absolute atomic E-state index is 0.0996. The van der Waals surface area contributed by atoms with Crippen molar-refractivity contribution >= 4 is 17.5 Å². The van der Waals surface area contributed by atoms with Crippen molar-refractivity contribution in [1.82, 2.24) is 5.32 Å². The maximum atomic E-state index is 12.4. The molecule has 7 heteroatoms.